The summed E-state index contributed by atoms with van der Waals surface area (Å²) in [6.45, 7) is 3.58. The number of hydrogen-bond donors (Lipinski definition) is 3. The van der Waals surface area contributed by atoms with Crippen LogP contribution in [0.5, 0.6) is 5.75 Å². The molecule has 1 aromatic rings. The van der Waals surface area contributed by atoms with E-state index in [9.17, 15) is 9.59 Å². The van der Waals surface area contributed by atoms with Gasteiger partial charge in [0.25, 0.3) is 0 Å². The van der Waals surface area contributed by atoms with E-state index >= 15 is 0 Å². The highest BCUT2D eigenvalue weighted by Gasteiger charge is 2.03. The first-order valence-electron chi connectivity index (χ1n) is 6.07. The van der Waals surface area contributed by atoms with E-state index in [0.717, 1.165) is 0 Å². The molecule has 6 heteroatoms. The number of benzene rings is 1. The molecule has 0 atom stereocenters. The van der Waals surface area contributed by atoms with Gasteiger partial charge in [0.15, 0.2) is 0 Å². The molecule has 1 rings (SSSR count). The number of aromatic carboxylic acids is 1. The van der Waals surface area contributed by atoms with E-state index in [0.29, 0.717) is 25.4 Å². The first kappa shape index (κ1) is 15.0. The van der Waals surface area contributed by atoms with Gasteiger partial charge in [-0.15, -0.1) is 0 Å². The highest BCUT2D eigenvalue weighted by molar-refractivity contribution is 5.88. The van der Waals surface area contributed by atoms with Crippen molar-refractivity contribution in [3.63, 3.8) is 0 Å². The van der Waals surface area contributed by atoms with Crippen molar-refractivity contribution in [1.29, 1.82) is 0 Å². The van der Waals surface area contributed by atoms with Crippen LogP contribution in [-0.4, -0.2) is 43.2 Å². The summed E-state index contributed by atoms with van der Waals surface area (Å²) < 4.78 is 5.38. The lowest BCUT2D eigenvalue weighted by molar-refractivity contribution is -0.120. The molecule has 19 heavy (non-hydrogen) atoms. The van der Waals surface area contributed by atoms with E-state index < -0.39 is 5.97 Å². The van der Waals surface area contributed by atoms with Crippen LogP contribution in [0.25, 0.3) is 0 Å². The van der Waals surface area contributed by atoms with Crippen molar-refractivity contribution in [1.82, 2.24) is 10.6 Å². The molecule has 0 fully saturated rings. The van der Waals surface area contributed by atoms with Gasteiger partial charge in [-0.05, 0) is 25.1 Å². The molecule has 0 aromatic heterocycles. The Labute approximate surface area is 111 Å². The summed E-state index contributed by atoms with van der Waals surface area (Å²) in [7, 11) is 0. The van der Waals surface area contributed by atoms with E-state index in [4.69, 9.17) is 9.84 Å². The number of hydrogen-bond acceptors (Lipinski definition) is 4. The lowest BCUT2D eigenvalue weighted by Gasteiger charge is -2.08. The molecule has 0 aliphatic heterocycles. The Balaban J connectivity index is 2.24. The predicted octanol–water partition coefficient (Wildman–Crippen LogP) is 0.489. The van der Waals surface area contributed by atoms with E-state index in [1.807, 2.05) is 6.92 Å². The minimum Gasteiger partial charge on any atom is -0.492 e. The van der Waals surface area contributed by atoms with Gasteiger partial charge in [-0.1, -0.05) is 6.07 Å². The van der Waals surface area contributed by atoms with Crippen LogP contribution in [0.2, 0.25) is 0 Å². The van der Waals surface area contributed by atoms with Gasteiger partial charge in [0.05, 0.1) is 12.1 Å². The number of rotatable bonds is 8. The Kier molecular flexibility index (Phi) is 6.38. The van der Waals surface area contributed by atoms with Gasteiger partial charge in [-0.3, -0.25) is 4.79 Å². The number of carbonyl (C=O) groups is 2. The van der Waals surface area contributed by atoms with Crippen LogP contribution in [0.3, 0.4) is 0 Å². The second-order valence-corrected chi connectivity index (χ2v) is 3.81. The summed E-state index contributed by atoms with van der Waals surface area (Å²) in [5.74, 6) is -0.546. The quantitative estimate of drug-likeness (QED) is 0.596. The zero-order valence-corrected chi connectivity index (χ0v) is 10.8. The van der Waals surface area contributed by atoms with Crippen molar-refractivity contribution < 1.29 is 19.4 Å². The summed E-state index contributed by atoms with van der Waals surface area (Å²) in [6.07, 6.45) is 0. The van der Waals surface area contributed by atoms with E-state index in [-0.39, 0.29) is 18.0 Å². The maximum atomic E-state index is 11.1. The molecule has 0 unspecified atom stereocenters. The van der Waals surface area contributed by atoms with E-state index in [1.165, 1.54) is 12.1 Å². The zero-order valence-electron chi connectivity index (χ0n) is 10.8. The van der Waals surface area contributed by atoms with Crippen LogP contribution in [0.4, 0.5) is 0 Å². The third-order valence-electron chi connectivity index (χ3n) is 2.29. The van der Waals surface area contributed by atoms with Crippen LogP contribution < -0.4 is 15.4 Å². The molecule has 0 saturated heterocycles. The normalized spacial score (nSPS) is 9.95. The Morgan fingerprint density at radius 3 is 2.84 bits per heavy atom. The molecule has 1 amide bonds. The molecule has 0 aliphatic carbocycles. The number of ether oxygens (including phenoxy) is 1. The van der Waals surface area contributed by atoms with Gasteiger partial charge in [-0.25, -0.2) is 4.79 Å². The van der Waals surface area contributed by atoms with Crippen molar-refractivity contribution in [3.8, 4) is 5.75 Å². The number of carboxylic acid groups (broad SMARTS) is 1. The van der Waals surface area contributed by atoms with Crippen LogP contribution >= 0.6 is 0 Å². The lowest BCUT2D eigenvalue weighted by atomic mass is 10.2. The topological polar surface area (TPSA) is 87.7 Å². The summed E-state index contributed by atoms with van der Waals surface area (Å²) in [6, 6.07) is 6.28. The molecule has 0 saturated carbocycles. The van der Waals surface area contributed by atoms with Gasteiger partial charge in [0.2, 0.25) is 5.91 Å². The molecule has 0 heterocycles. The van der Waals surface area contributed by atoms with Gasteiger partial charge in [-0.2, -0.15) is 0 Å². The maximum Gasteiger partial charge on any atom is 0.335 e. The monoisotopic (exact) mass is 266 g/mol. The van der Waals surface area contributed by atoms with Crippen molar-refractivity contribution in [3.05, 3.63) is 29.8 Å². The van der Waals surface area contributed by atoms with Crippen molar-refractivity contribution in [2.24, 2.45) is 0 Å². The fourth-order valence-corrected chi connectivity index (χ4v) is 1.42. The third-order valence-corrected chi connectivity index (χ3v) is 2.29. The first-order valence-corrected chi connectivity index (χ1v) is 6.07. The number of carbonyl (C=O) groups excluding carboxylic acids is 1. The second kappa shape index (κ2) is 8.10. The fourth-order valence-electron chi connectivity index (χ4n) is 1.42. The fraction of sp³-hybridized carbons (Fsp3) is 0.385. The smallest absolute Gasteiger partial charge is 0.335 e. The summed E-state index contributed by atoms with van der Waals surface area (Å²) in [5.41, 5.74) is 0.188. The van der Waals surface area contributed by atoms with Crippen LogP contribution in [-0.2, 0) is 4.79 Å². The van der Waals surface area contributed by atoms with Crippen LogP contribution in [0, 0.1) is 0 Å². The largest absolute Gasteiger partial charge is 0.492 e. The summed E-state index contributed by atoms with van der Waals surface area (Å²) in [5, 5.41) is 14.4. The Bertz CT molecular complexity index is 434. The highest BCUT2D eigenvalue weighted by Crippen LogP contribution is 2.12. The Morgan fingerprint density at radius 1 is 1.37 bits per heavy atom. The number of likely N-dealkylation sites (N-methyl/N-ethyl adjacent to an activating group) is 1. The van der Waals surface area contributed by atoms with Crippen molar-refractivity contribution in [2.45, 2.75) is 6.92 Å². The maximum absolute atomic E-state index is 11.1. The van der Waals surface area contributed by atoms with Gasteiger partial charge < -0.3 is 20.5 Å². The Hall–Kier alpha value is -2.08. The molecule has 0 aliphatic rings. The standard InChI is InChI=1S/C13H18N2O4/c1-2-15-12(16)9-14-6-7-19-11-5-3-4-10(8-11)13(17)18/h3-5,8,14H,2,6-7,9H2,1H3,(H,15,16)(H,17,18). The molecular formula is C13H18N2O4. The summed E-state index contributed by atoms with van der Waals surface area (Å²) in [4.78, 5) is 21.9. The second-order valence-electron chi connectivity index (χ2n) is 3.81. The van der Waals surface area contributed by atoms with Crippen molar-refractivity contribution in [2.75, 3.05) is 26.2 Å². The molecule has 104 valence electrons. The average Bonchev–Trinajstić information content (AvgIpc) is 2.39. The molecule has 0 bridgehead atoms. The van der Waals surface area contributed by atoms with E-state index in [1.54, 1.807) is 12.1 Å². The minimum absolute atomic E-state index is 0.0598. The third kappa shape index (κ3) is 5.87. The minimum atomic E-state index is -0.986. The predicted molar refractivity (Wildman–Crippen MR) is 70.4 cm³/mol. The lowest BCUT2D eigenvalue weighted by Crippen LogP contribution is -2.35. The van der Waals surface area contributed by atoms with Gasteiger partial charge in [0.1, 0.15) is 12.4 Å². The molecule has 6 nitrogen and oxygen atoms in total. The van der Waals surface area contributed by atoms with Crippen LogP contribution in [0.1, 0.15) is 17.3 Å². The molecule has 3 N–H and O–H groups in total. The molecule has 1 aromatic carbocycles. The SMILES string of the molecule is CCNC(=O)CNCCOc1cccc(C(=O)O)c1. The highest BCUT2D eigenvalue weighted by atomic mass is 16.5. The van der Waals surface area contributed by atoms with E-state index in [2.05, 4.69) is 10.6 Å². The van der Waals surface area contributed by atoms with Gasteiger partial charge in [0, 0.05) is 13.1 Å². The average molecular weight is 266 g/mol. The van der Waals surface area contributed by atoms with Gasteiger partial charge >= 0.3 is 5.97 Å². The number of carboxylic acids is 1. The Morgan fingerprint density at radius 2 is 2.16 bits per heavy atom. The van der Waals surface area contributed by atoms with Crippen LogP contribution in [0.15, 0.2) is 24.3 Å². The number of amides is 1. The molecule has 0 spiro atoms. The summed E-state index contributed by atoms with van der Waals surface area (Å²) >= 11 is 0. The van der Waals surface area contributed by atoms with Crippen molar-refractivity contribution >= 4 is 11.9 Å². The number of nitrogens with one attached hydrogen (secondary N) is 2. The zero-order chi connectivity index (χ0) is 14.1. The first-order chi connectivity index (χ1) is 9.13. The molecule has 0 radical (unpaired) electrons. The molecular weight excluding hydrogens is 248 g/mol.